The molecule has 0 aliphatic rings. The molecule has 0 amide bonds. The number of aryl methyl sites for hydroxylation is 2. The lowest BCUT2D eigenvalue weighted by Crippen LogP contribution is -2.07. The van der Waals surface area contributed by atoms with Crippen molar-refractivity contribution in [2.45, 2.75) is 13.8 Å². The molecular weight excluding hydrogens is 266 g/mol. The maximum absolute atomic E-state index is 11.8. The largest absolute Gasteiger partial charge is 0.465 e. The van der Waals surface area contributed by atoms with Gasteiger partial charge in [0, 0.05) is 5.56 Å². The zero-order chi connectivity index (χ0) is 15.4. The van der Waals surface area contributed by atoms with E-state index in [1.54, 1.807) is 18.2 Å². The van der Waals surface area contributed by atoms with Crippen LogP contribution in [-0.4, -0.2) is 19.4 Å². The maximum atomic E-state index is 11.8. The number of esters is 1. The van der Waals surface area contributed by atoms with E-state index in [-0.39, 0.29) is 0 Å². The van der Waals surface area contributed by atoms with E-state index >= 15 is 0 Å². The van der Waals surface area contributed by atoms with Gasteiger partial charge < -0.3 is 10.1 Å². The van der Waals surface area contributed by atoms with Crippen LogP contribution in [0.15, 0.2) is 36.4 Å². The molecule has 4 nitrogen and oxygen atoms in total. The minimum atomic E-state index is -0.421. The first-order chi connectivity index (χ1) is 10.1. The van der Waals surface area contributed by atoms with Crippen LogP contribution >= 0.6 is 0 Å². The van der Waals surface area contributed by atoms with Crippen molar-refractivity contribution >= 4 is 23.6 Å². The average molecular weight is 283 g/mol. The number of para-hydroxylation sites is 1. The number of carbonyl (C=O) groups is 2. The summed E-state index contributed by atoms with van der Waals surface area (Å²) < 4.78 is 4.77. The van der Waals surface area contributed by atoms with Crippen LogP contribution in [0.1, 0.15) is 31.8 Å². The van der Waals surface area contributed by atoms with Gasteiger partial charge in [-0.2, -0.15) is 0 Å². The predicted molar refractivity (Wildman–Crippen MR) is 82.4 cm³/mol. The van der Waals surface area contributed by atoms with Gasteiger partial charge in [0.1, 0.15) is 0 Å². The van der Waals surface area contributed by atoms with Crippen molar-refractivity contribution in [1.82, 2.24) is 0 Å². The Morgan fingerprint density at radius 1 is 1.19 bits per heavy atom. The summed E-state index contributed by atoms with van der Waals surface area (Å²) in [6.45, 7) is 3.86. The summed E-state index contributed by atoms with van der Waals surface area (Å²) in [5.41, 5.74) is 4.26. The summed E-state index contributed by atoms with van der Waals surface area (Å²) >= 11 is 0. The first-order valence-electron chi connectivity index (χ1n) is 6.57. The van der Waals surface area contributed by atoms with Gasteiger partial charge >= 0.3 is 5.97 Å². The van der Waals surface area contributed by atoms with Crippen LogP contribution in [0, 0.1) is 13.8 Å². The molecule has 0 aliphatic heterocycles. The Labute approximate surface area is 123 Å². The number of benzene rings is 2. The van der Waals surface area contributed by atoms with Crippen LogP contribution < -0.4 is 5.32 Å². The van der Waals surface area contributed by atoms with E-state index < -0.39 is 5.97 Å². The van der Waals surface area contributed by atoms with E-state index in [0.717, 1.165) is 17.4 Å². The van der Waals surface area contributed by atoms with Gasteiger partial charge in [-0.15, -0.1) is 0 Å². The minimum Gasteiger partial charge on any atom is -0.465 e. The summed E-state index contributed by atoms with van der Waals surface area (Å²) in [4.78, 5) is 23.1. The molecule has 0 atom stereocenters. The normalized spacial score (nSPS) is 10.0. The Hall–Kier alpha value is -2.62. The number of hydrogen-bond donors (Lipinski definition) is 1. The highest BCUT2D eigenvalue weighted by Gasteiger charge is 2.13. The van der Waals surface area contributed by atoms with Gasteiger partial charge in [-0.05, 0) is 37.6 Å². The molecule has 108 valence electrons. The van der Waals surface area contributed by atoms with Gasteiger partial charge in [0.15, 0.2) is 6.29 Å². The number of carbonyl (C=O) groups excluding carboxylic acids is 2. The van der Waals surface area contributed by atoms with Crippen LogP contribution in [0.4, 0.5) is 11.4 Å². The topological polar surface area (TPSA) is 55.4 Å². The molecule has 0 saturated carbocycles. The molecule has 0 fully saturated rings. The molecular formula is C17H17NO3. The molecule has 0 spiro atoms. The zero-order valence-corrected chi connectivity index (χ0v) is 12.3. The van der Waals surface area contributed by atoms with E-state index in [4.69, 9.17) is 4.74 Å². The first-order valence-corrected chi connectivity index (χ1v) is 6.57. The third kappa shape index (κ3) is 3.11. The number of ether oxygens (including phenoxy) is 1. The summed E-state index contributed by atoms with van der Waals surface area (Å²) in [5, 5.41) is 3.17. The summed E-state index contributed by atoms with van der Waals surface area (Å²) in [6, 6.07) is 10.8. The third-order valence-electron chi connectivity index (χ3n) is 3.23. The van der Waals surface area contributed by atoms with E-state index in [0.29, 0.717) is 22.5 Å². The highest BCUT2D eigenvalue weighted by atomic mass is 16.5. The molecule has 0 saturated heterocycles. The van der Waals surface area contributed by atoms with Crippen molar-refractivity contribution < 1.29 is 14.3 Å². The third-order valence-corrected chi connectivity index (χ3v) is 3.23. The van der Waals surface area contributed by atoms with E-state index in [1.165, 1.54) is 7.11 Å². The SMILES string of the molecule is COC(=O)c1ccccc1Nc1c(C)cc(C)cc1C=O. The van der Waals surface area contributed by atoms with Crippen molar-refractivity contribution in [2.75, 3.05) is 12.4 Å². The highest BCUT2D eigenvalue weighted by molar-refractivity contribution is 5.97. The molecule has 1 N–H and O–H groups in total. The monoisotopic (exact) mass is 283 g/mol. The second-order valence-electron chi connectivity index (χ2n) is 4.83. The van der Waals surface area contributed by atoms with Crippen molar-refractivity contribution in [3.05, 3.63) is 58.7 Å². The number of anilines is 2. The van der Waals surface area contributed by atoms with E-state index in [1.807, 2.05) is 32.0 Å². The zero-order valence-electron chi connectivity index (χ0n) is 12.3. The van der Waals surface area contributed by atoms with Crippen molar-refractivity contribution in [3.63, 3.8) is 0 Å². The molecule has 2 rings (SSSR count). The predicted octanol–water partition coefficient (Wildman–Crippen LogP) is 3.65. The number of hydrogen-bond acceptors (Lipinski definition) is 4. The van der Waals surface area contributed by atoms with Crippen molar-refractivity contribution in [3.8, 4) is 0 Å². The van der Waals surface area contributed by atoms with Crippen LogP contribution in [-0.2, 0) is 4.74 Å². The van der Waals surface area contributed by atoms with Crippen LogP contribution in [0.5, 0.6) is 0 Å². The van der Waals surface area contributed by atoms with Crippen LogP contribution in [0.2, 0.25) is 0 Å². The fourth-order valence-corrected chi connectivity index (χ4v) is 2.28. The quantitative estimate of drug-likeness (QED) is 0.687. The molecule has 21 heavy (non-hydrogen) atoms. The van der Waals surface area contributed by atoms with Crippen molar-refractivity contribution in [2.24, 2.45) is 0 Å². The molecule has 2 aromatic carbocycles. The van der Waals surface area contributed by atoms with Gasteiger partial charge in [0.05, 0.1) is 24.0 Å². The second-order valence-corrected chi connectivity index (χ2v) is 4.83. The number of rotatable bonds is 4. The van der Waals surface area contributed by atoms with Gasteiger partial charge in [-0.1, -0.05) is 23.8 Å². The molecule has 0 aromatic heterocycles. The lowest BCUT2D eigenvalue weighted by Gasteiger charge is -2.15. The summed E-state index contributed by atoms with van der Waals surface area (Å²) in [7, 11) is 1.34. The van der Waals surface area contributed by atoms with Gasteiger partial charge in [0.25, 0.3) is 0 Å². The average Bonchev–Trinajstić information content (AvgIpc) is 2.49. The first kappa shape index (κ1) is 14.8. The fourth-order valence-electron chi connectivity index (χ4n) is 2.28. The van der Waals surface area contributed by atoms with E-state index in [2.05, 4.69) is 5.32 Å². The number of aldehydes is 1. The van der Waals surface area contributed by atoms with Crippen LogP contribution in [0.25, 0.3) is 0 Å². The number of methoxy groups -OCH3 is 1. The molecule has 0 aliphatic carbocycles. The molecule has 0 radical (unpaired) electrons. The Balaban J connectivity index is 2.48. The summed E-state index contributed by atoms with van der Waals surface area (Å²) in [6.07, 6.45) is 0.809. The second kappa shape index (κ2) is 6.22. The van der Waals surface area contributed by atoms with Crippen molar-refractivity contribution in [1.29, 1.82) is 0 Å². The van der Waals surface area contributed by atoms with Gasteiger partial charge in [-0.25, -0.2) is 4.79 Å². The number of nitrogens with one attached hydrogen (secondary N) is 1. The Morgan fingerprint density at radius 2 is 1.90 bits per heavy atom. The summed E-state index contributed by atoms with van der Waals surface area (Å²) in [5.74, 6) is -0.421. The smallest absolute Gasteiger partial charge is 0.339 e. The van der Waals surface area contributed by atoms with Gasteiger partial charge in [-0.3, -0.25) is 4.79 Å². The van der Waals surface area contributed by atoms with Gasteiger partial charge in [0.2, 0.25) is 0 Å². The molecule has 0 unspecified atom stereocenters. The Kier molecular flexibility index (Phi) is 4.38. The Morgan fingerprint density at radius 3 is 2.57 bits per heavy atom. The Bertz CT molecular complexity index is 692. The van der Waals surface area contributed by atoms with E-state index in [9.17, 15) is 9.59 Å². The lowest BCUT2D eigenvalue weighted by molar-refractivity contribution is 0.0602. The minimum absolute atomic E-state index is 0.421. The van der Waals surface area contributed by atoms with Crippen LogP contribution in [0.3, 0.4) is 0 Å². The molecule has 4 heteroatoms. The molecule has 2 aromatic rings. The fraction of sp³-hybridized carbons (Fsp3) is 0.176. The molecule has 0 heterocycles. The standard InChI is InChI=1S/C17H17NO3/c1-11-8-12(2)16(13(9-11)10-19)18-15-7-5-4-6-14(15)17(20)21-3/h4-10,18H,1-3H3. The highest BCUT2D eigenvalue weighted by Crippen LogP contribution is 2.27. The maximum Gasteiger partial charge on any atom is 0.339 e. The lowest BCUT2D eigenvalue weighted by atomic mass is 10.0. The molecule has 0 bridgehead atoms.